The number of nitrogens with zero attached hydrogens (tertiary/aromatic N) is 2. The molecule has 0 saturated carbocycles. The monoisotopic (exact) mass is 265 g/mol. The van der Waals surface area contributed by atoms with E-state index in [2.05, 4.69) is 15.3 Å². The van der Waals surface area contributed by atoms with E-state index in [1.165, 1.54) is 0 Å². The summed E-state index contributed by atoms with van der Waals surface area (Å²) in [6.45, 7) is 2.86. The highest BCUT2D eigenvalue weighted by molar-refractivity contribution is 5.79. The Balaban J connectivity index is 1.87. The van der Waals surface area contributed by atoms with Crippen LogP contribution in [0.2, 0.25) is 0 Å². The van der Waals surface area contributed by atoms with E-state index in [1.807, 2.05) is 55.5 Å². The molecule has 0 aliphatic rings. The van der Waals surface area contributed by atoms with Gasteiger partial charge in [-0.2, -0.15) is 4.98 Å². The van der Waals surface area contributed by atoms with E-state index in [-0.39, 0.29) is 0 Å². The molecule has 0 aliphatic heterocycles. The minimum atomic E-state index is 0.556. The van der Waals surface area contributed by atoms with Crippen molar-refractivity contribution in [3.05, 3.63) is 54.7 Å². The van der Waals surface area contributed by atoms with E-state index in [0.29, 0.717) is 11.6 Å². The fourth-order valence-electron chi connectivity index (χ4n) is 1.98. The summed E-state index contributed by atoms with van der Waals surface area (Å²) >= 11 is 0. The molecule has 4 heteroatoms. The van der Waals surface area contributed by atoms with Crippen molar-refractivity contribution in [2.24, 2.45) is 0 Å². The zero-order valence-corrected chi connectivity index (χ0v) is 11.2. The Kier molecular flexibility index (Phi) is 3.46. The molecule has 0 spiro atoms. The van der Waals surface area contributed by atoms with Crippen LogP contribution in [-0.2, 0) is 0 Å². The van der Waals surface area contributed by atoms with Gasteiger partial charge in [0.05, 0.1) is 11.7 Å². The minimum absolute atomic E-state index is 0.556. The largest absolute Gasteiger partial charge is 0.437 e. The SMILES string of the molecule is CCNc1cccc(Oc2cnc3ccccc3c2)n1. The van der Waals surface area contributed by atoms with Gasteiger partial charge in [-0.25, -0.2) is 0 Å². The Morgan fingerprint density at radius 3 is 2.90 bits per heavy atom. The number of fused-ring (bicyclic) bond motifs is 1. The first-order valence-corrected chi connectivity index (χ1v) is 6.59. The van der Waals surface area contributed by atoms with Gasteiger partial charge in [-0.15, -0.1) is 0 Å². The Labute approximate surface area is 117 Å². The molecule has 0 amide bonds. The van der Waals surface area contributed by atoms with Gasteiger partial charge in [0.25, 0.3) is 0 Å². The highest BCUT2D eigenvalue weighted by Crippen LogP contribution is 2.23. The average Bonchev–Trinajstić information content (AvgIpc) is 2.48. The normalized spacial score (nSPS) is 10.4. The zero-order valence-electron chi connectivity index (χ0n) is 11.2. The molecule has 0 unspecified atom stereocenters. The molecule has 2 aromatic heterocycles. The first-order chi connectivity index (χ1) is 9.85. The van der Waals surface area contributed by atoms with Crippen molar-refractivity contribution < 1.29 is 4.74 Å². The molecule has 0 atom stereocenters. The van der Waals surface area contributed by atoms with Crippen LogP contribution in [0.3, 0.4) is 0 Å². The highest BCUT2D eigenvalue weighted by atomic mass is 16.5. The predicted octanol–water partition coefficient (Wildman–Crippen LogP) is 3.85. The lowest BCUT2D eigenvalue weighted by atomic mass is 10.2. The molecule has 0 aliphatic carbocycles. The lowest BCUT2D eigenvalue weighted by molar-refractivity contribution is 0.462. The van der Waals surface area contributed by atoms with Gasteiger partial charge in [-0.05, 0) is 25.1 Å². The van der Waals surface area contributed by atoms with Gasteiger partial charge in [-0.3, -0.25) is 4.98 Å². The van der Waals surface area contributed by atoms with Crippen molar-refractivity contribution in [2.45, 2.75) is 6.92 Å². The molecule has 0 radical (unpaired) electrons. The van der Waals surface area contributed by atoms with Gasteiger partial charge in [0, 0.05) is 18.0 Å². The molecule has 0 fully saturated rings. The van der Waals surface area contributed by atoms with Crippen LogP contribution in [0.4, 0.5) is 5.82 Å². The smallest absolute Gasteiger partial charge is 0.221 e. The van der Waals surface area contributed by atoms with Crippen LogP contribution in [0, 0.1) is 0 Å². The summed E-state index contributed by atoms with van der Waals surface area (Å²) in [5.41, 5.74) is 0.953. The zero-order chi connectivity index (χ0) is 13.8. The van der Waals surface area contributed by atoms with Gasteiger partial charge in [0.1, 0.15) is 11.6 Å². The Morgan fingerprint density at radius 1 is 1.10 bits per heavy atom. The van der Waals surface area contributed by atoms with Crippen LogP contribution < -0.4 is 10.1 Å². The number of aromatic nitrogens is 2. The topological polar surface area (TPSA) is 47.0 Å². The number of hydrogen-bond donors (Lipinski definition) is 1. The highest BCUT2D eigenvalue weighted by Gasteiger charge is 2.02. The van der Waals surface area contributed by atoms with Gasteiger partial charge in [-0.1, -0.05) is 24.3 Å². The van der Waals surface area contributed by atoms with Crippen LogP contribution in [-0.4, -0.2) is 16.5 Å². The molecule has 20 heavy (non-hydrogen) atoms. The summed E-state index contributed by atoms with van der Waals surface area (Å²) in [6, 6.07) is 15.6. The van der Waals surface area contributed by atoms with Crippen LogP contribution in [0.1, 0.15) is 6.92 Å². The molecule has 0 saturated heterocycles. The number of rotatable bonds is 4. The fourth-order valence-corrected chi connectivity index (χ4v) is 1.98. The fraction of sp³-hybridized carbons (Fsp3) is 0.125. The summed E-state index contributed by atoms with van der Waals surface area (Å²) in [7, 11) is 0. The van der Waals surface area contributed by atoms with E-state index in [1.54, 1.807) is 6.20 Å². The number of anilines is 1. The van der Waals surface area contributed by atoms with Crippen LogP contribution in [0.5, 0.6) is 11.6 Å². The third-order valence-corrected chi connectivity index (χ3v) is 2.87. The molecular formula is C16H15N3O. The Morgan fingerprint density at radius 2 is 2.00 bits per heavy atom. The molecule has 0 bridgehead atoms. The maximum Gasteiger partial charge on any atom is 0.221 e. The molecule has 1 aromatic carbocycles. The number of para-hydroxylation sites is 1. The van der Waals surface area contributed by atoms with E-state index < -0.39 is 0 Å². The summed E-state index contributed by atoms with van der Waals surface area (Å²) in [5, 5.41) is 4.21. The molecule has 2 heterocycles. The third kappa shape index (κ3) is 2.69. The van der Waals surface area contributed by atoms with E-state index >= 15 is 0 Å². The summed E-state index contributed by atoms with van der Waals surface area (Å²) in [5.74, 6) is 2.05. The van der Waals surface area contributed by atoms with Crippen molar-refractivity contribution in [1.29, 1.82) is 0 Å². The maximum absolute atomic E-state index is 5.76. The number of benzene rings is 1. The minimum Gasteiger partial charge on any atom is -0.437 e. The maximum atomic E-state index is 5.76. The number of nitrogens with one attached hydrogen (secondary N) is 1. The van der Waals surface area contributed by atoms with Crippen molar-refractivity contribution in [3.63, 3.8) is 0 Å². The first-order valence-electron chi connectivity index (χ1n) is 6.59. The van der Waals surface area contributed by atoms with Crippen molar-refractivity contribution in [1.82, 2.24) is 9.97 Å². The molecule has 3 aromatic rings. The third-order valence-electron chi connectivity index (χ3n) is 2.87. The lowest BCUT2D eigenvalue weighted by Crippen LogP contribution is -1.99. The van der Waals surface area contributed by atoms with Crippen molar-refractivity contribution in [2.75, 3.05) is 11.9 Å². The first kappa shape index (κ1) is 12.4. The molecule has 3 rings (SSSR count). The van der Waals surface area contributed by atoms with Gasteiger partial charge >= 0.3 is 0 Å². The summed E-state index contributed by atoms with van der Waals surface area (Å²) in [4.78, 5) is 8.74. The average molecular weight is 265 g/mol. The Bertz CT molecular complexity index is 727. The predicted molar refractivity (Wildman–Crippen MR) is 80.2 cm³/mol. The summed E-state index contributed by atoms with van der Waals surface area (Å²) < 4.78 is 5.76. The second-order valence-electron chi connectivity index (χ2n) is 4.36. The van der Waals surface area contributed by atoms with Crippen molar-refractivity contribution >= 4 is 16.7 Å². The van der Waals surface area contributed by atoms with Gasteiger partial charge in [0.15, 0.2) is 0 Å². The van der Waals surface area contributed by atoms with Gasteiger partial charge < -0.3 is 10.1 Å². The van der Waals surface area contributed by atoms with Crippen LogP contribution in [0.25, 0.3) is 10.9 Å². The van der Waals surface area contributed by atoms with E-state index in [9.17, 15) is 0 Å². The number of ether oxygens (including phenoxy) is 1. The van der Waals surface area contributed by atoms with Crippen molar-refractivity contribution in [3.8, 4) is 11.6 Å². The van der Waals surface area contributed by atoms with Gasteiger partial charge in [0.2, 0.25) is 5.88 Å². The molecular weight excluding hydrogens is 250 g/mol. The second-order valence-corrected chi connectivity index (χ2v) is 4.36. The van der Waals surface area contributed by atoms with E-state index in [4.69, 9.17) is 4.74 Å². The quantitative estimate of drug-likeness (QED) is 0.778. The van der Waals surface area contributed by atoms with Crippen LogP contribution in [0.15, 0.2) is 54.7 Å². The summed E-state index contributed by atoms with van der Waals surface area (Å²) in [6.07, 6.45) is 1.71. The second kappa shape index (κ2) is 5.57. The van der Waals surface area contributed by atoms with E-state index in [0.717, 1.165) is 23.3 Å². The molecule has 100 valence electrons. The molecule has 1 N–H and O–H groups in total. The number of pyridine rings is 2. The lowest BCUT2D eigenvalue weighted by Gasteiger charge is -2.07. The number of hydrogen-bond acceptors (Lipinski definition) is 4. The van der Waals surface area contributed by atoms with Crippen LogP contribution >= 0.6 is 0 Å². The standard InChI is InChI=1S/C16H15N3O/c1-2-17-15-8-5-9-16(19-15)20-13-10-12-6-3-4-7-14(12)18-11-13/h3-11H,2H2,1H3,(H,17,19). The Hall–Kier alpha value is -2.62. The molecule has 4 nitrogen and oxygen atoms in total.